The number of benzene rings is 3. The minimum Gasteiger partial charge on any atom is -0.478 e. The van der Waals surface area contributed by atoms with Crippen molar-refractivity contribution in [2.24, 2.45) is 0 Å². The van der Waals surface area contributed by atoms with Gasteiger partial charge < -0.3 is 14.9 Å². The van der Waals surface area contributed by atoms with Crippen LogP contribution in [0.1, 0.15) is 10.4 Å². The number of halogens is 2. The third-order valence-electron chi connectivity index (χ3n) is 5.40. The van der Waals surface area contributed by atoms with E-state index >= 15 is 0 Å². The van der Waals surface area contributed by atoms with E-state index in [1.165, 1.54) is 12.1 Å². The minimum atomic E-state index is -3.99. The molecule has 1 fully saturated rings. The first kappa shape index (κ1) is 22.9. The largest absolute Gasteiger partial charge is 0.478 e. The van der Waals surface area contributed by atoms with E-state index in [2.05, 4.69) is 9.62 Å². The van der Waals surface area contributed by atoms with Gasteiger partial charge in [-0.3, -0.25) is 4.72 Å². The maximum absolute atomic E-state index is 13.1. The number of piperazine rings is 1. The zero-order valence-corrected chi connectivity index (χ0v) is 19.0. The van der Waals surface area contributed by atoms with Gasteiger partial charge in [0.1, 0.15) is 5.82 Å². The molecule has 3 aromatic carbocycles. The van der Waals surface area contributed by atoms with Crippen LogP contribution in [0.4, 0.5) is 21.5 Å². The second-order valence-electron chi connectivity index (χ2n) is 7.55. The van der Waals surface area contributed by atoms with Crippen molar-refractivity contribution in [1.82, 2.24) is 0 Å². The zero-order chi connectivity index (χ0) is 23.6. The molecule has 1 heterocycles. The maximum Gasteiger partial charge on any atom is 0.337 e. The molecule has 33 heavy (non-hydrogen) atoms. The Balaban J connectivity index is 1.52. The molecule has 0 unspecified atom stereocenters. The van der Waals surface area contributed by atoms with Crippen LogP contribution in [-0.4, -0.2) is 45.7 Å². The molecule has 0 bridgehead atoms. The standard InChI is InChI=1S/C23H21ClFN3O4S/c24-16-2-1-3-19(14-16)27-10-12-28(13-11-27)22-9-6-18(15-21(22)23(29)30)26-33(31,32)20-7-4-17(25)5-8-20/h1-9,14-15,26H,10-13H2,(H,29,30). The minimum absolute atomic E-state index is 0.00879. The van der Waals surface area contributed by atoms with E-state index < -0.39 is 21.8 Å². The Hall–Kier alpha value is -3.30. The molecule has 3 aromatic rings. The molecule has 1 saturated heterocycles. The zero-order valence-electron chi connectivity index (χ0n) is 17.4. The van der Waals surface area contributed by atoms with Crippen molar-refractivity contribution in [2.45, 2.75) is 4.90 Å². The summed E-state index contributed by atoms with van der Waals surface area (Å²) in [4.78, 5) is 16.0. The van der Waals surface area contributed by atoms with Crippen LogP contribution in [0.3, 0.4) is 0 Å². The molecule has 172 valence electrons. The van der Waals surface area contributed by atoms with E-state index in [-0.39, 0.29) is 16.1 Å². The number of hydrogen-bond donors (Lipinski definition) is 2. The summed E-state index contributed by atoms with van der Waals surface area (Å²) in [6.45, 7) is 2.54. The normalized spacial score (nSPS) is 14.2. The van der Waals surface area contributed by atoms with E-state index in [0.29, 0.717) is 36.9 Å². The van der Waals surface area contributed by atoms with Crippen molar-refractivity contribution in [1.29, 1.82) is 0 Å². The van der Waals surface area contributed by atoms with Gasteiger partial charge in [-0.15, -0.1) is 0 Å². The predicted molar refractivity (Wildman–Crippen MR) is 126 cm³/mol. The monoisotopic (exact) mass is 489 g/mol. The number of aromatic carboxylic acids is 1. The van der Waals surface area contributed by atoms with Gasteiger partial charge in [0.2, 0.25) is 0 Å². The quantitative estimate of drug-likeness (QED) is 0.536. The maximum atomic E-state index is 13.1. The van der Waals surface area contributed by atoms with Crippen molar-refractivity contribution in [3.05, 3.63) is 83.1 Å². The molecule has 0 radical (unpaired) electrons. The Morgan fingerprint density at radius 2 is 1.61 bits per heavy atom. The summed E-state index contributed by atoms with van der Waals surface area (Å²) in [6, 6.07) is 16.4. The van der Waals surface area contributed by atoms with Crippen LogP contribution in [0.2, 0.25) is 5.02 Å². The molecule has 10 heteroatoms. The average Bonchev–Trinajstić information content (AvgIpc) is 2.79. The number of hydrogen-bond acceptors (Lipinski definition) is 5. The first-order chi connectivity index (χ1) is 15.7. The van der Waals surface area contributed by atoms with E-state index in [9.17, 15) is 22.7 Å². The summed E-state index contributed by atoms with van der Waals surface area (Å²) in [5, 5.41) is 10.4. The number of anilines is 3. The summed E-state index contributed by atoms with van der Waals surface area (Å²) >= 11 is 6.08. The fraction of sp³-hybridized carbons (Fsp3) is 0.174. The van der Waals surface area contributed by atoms with Crippen LogP contribution in [0.25, 0.3) is 0 Å². The molecular formula is C23H21ClFN3O4S. The SMILES string of the molecule is O=C(O)c1cc(NS(=O)(=O)c2ccc(F)cc2)ccc1N1CCN(c2cccc(Cl)c2)CC1. The Kier molecular flexibility index (Phi) is 6.44. The van der Waals surface area contributed by atoms with Crippen LogP contribution in [-0.2, 0) is 10.0 Å². The van der Waals surface area contributed by atoms with Gasteiger partial charge in [-0.05, 0) is 60.7 Å². The summed E-state index contributed by atoms with van der Waals surface area (Å²) < 4.78 is 40.6. The molecule has 4 rings (SSSR count). The van der Waals surface area contributed by atoms with Crippen molar-refractivity contribution in [3.63, 3.8) is 0 Å². The molecule has 1 aliphatic rings. The molecule has 0 aliphatic carbocycles. The molecule has 0 atom stereocenters. The molecule has 7 nitrogen and oxygen atoms in total. The number of nitrogens with one attached hydrogen (secondary N) is 1. The van der Waals surface area contributed by atoms with E-state index in [4.69, 9.17) is 11.6 Å². The van der Waals surface area contributed by atoms with E-state index in [1.54, 1.807) is 6.07 Å². The lowest BCUT2D eigenvalue weighted by Crippen LogP contribution is -2.47. The highest BCUT2D eigenvalue weighted by atomic mass is 35.5. The van der Waals surface area contributed by atoms with Crippen molar-refractivity contribution in [2.75, 3.05) is 40.7 Å². The summed E-state index contributed by atoms with van der Waals surface area (Å²) in [5.41, 5.74) is 1.62. The lowest BCUT2D eigenvalue weighted by molar-refractivity contribution is 0.0697. The molecule has 0 amide bonds. The molecule has 0 aromatic heterocycles. The van der Waals surface area contributed by atoms with Gasteiger partial charge in [-0.25, -0.2) is 17.6 Å². The third kappa shape index (κ3) is 5.20. The highest BCUT2D eigenvalue weighted by molar-refractivity contribution is 7.92. The number of carboxylic acid groups (broad SMARTS) is 1. The van der Waals surface area contributed by atoms with Gasteiger partial charge >= 0.3 is 5.97 Å². The molecular weight excluding hydrogens is 469 g/mol. The van der Waals surface area contributed by atoms with Gasteiger partial charge in [0.15, 0.2) is 0 Å². The summed E-state index contributed by atoms with van der Waals surface area (Å²) in [7, 11) is -3.99. The Morgan fingerprint density at radius 1 is 0.939 bits per heavy atom. The number of carboxylic acids is 1. The number of sulfonamides is 1. The van der Waals surface area contributed by atoms with E-state index in [1.807, 2.05) is 29.2 Å². The van der Waals surface area contributed by atoms with Crippen molar-refractivity contribution < 1.29 is 22.7 Å². The fourth-order valence-electron chi connectivity index (χ4n) is 3.75. The summed E-state index contributed by atoms with van der Waals surface area (Å²) in [6.07, 6.45) is 0. The van der Waals surface area contributed by atoms with Gasteiger partial charge in [0.05, 0.1) is 16.1 Å². The average molecular weight is 490 g/mol. The van der Waals surface area contributed by atoms with Gasteiger partial charge in [-0.1, -0.05) is 17.7 Å². The third-order valence-corrected chi connectivity index (χ3v) is 7.03. The van der Waals surface area contributed by atoms with Gasteiger partial charge in [0, 0.05) is 42.6 Å². The van der Waals surface area contributed by atoms with Crippen LogP contribution in [0, 0.1) is 5.82 Å². The Morgan fingerprint density at radius 3 is 2.24 bits per heavy atom. The van der Waals surface area contributed by atoms with Crippen LogP contribution in [0.15, 0.2) is 71.6 Å². The van der Waals surface area contributed by atoms with Gasteiger partial charge in [0.25, 0.3) is 10.0 Å². The van der Waals surface area contributed by atoms with Crippen molar-refractivity contribution in [3.8, 4) is 0 Å². The smallest absolute Gasteiger partial charge is 0.337 e. The summed E-state index contributed by atoms with van der Waals surface area (Å²) in [5.74, 6) is -1.72. The second-order valence-corrected chi connectivity index (χ2v) is 9.67. The predicted octanol–water partition coefficient (Wildman–Crippen LogP) is 4.30. The Bertz CT molecular complexity index is 1280. The van der Waals surface area contributed by atoms with Crippen LogP contribution in [0.5, 0.6) is 0 Å². The molecule has 0 saturated carbocycles. The molecule has 0 spiro atoms. The second kappa shape index (κ2) is 9.29. The fourth-order valence-corrected chi connectivity index (χ4v) is 4.99. The topological polar surface area (TPSA) is 89.9 Å². The van der Waals surface area contributed by atoms with Crippen molar-refractivity contribution >= 4 is 44.7 Å². The molecule has 2 N–H and O–H groups in total. The highest BCUT2D eigenvalue weighted by Crippen LogP contribution is 2.28. The highest BCUT2D eigenvalue weighted by Gasteiger charge is 2.23. The number of nitrogens with zero attached hydrogens (tertiary/aromatic N) is 2. The van der Waals surface area contributed by atoms with Crippen LogP contribution < -0.4 is 14.5 Å². The molecule has 1 aliphatic heterocycles. The Labute approximate surface area is 196 Å². The number of carbonyl (C=O) groups is 1. The van der Waals surface area contributed by atoms with Gasteiger partial charge in [-0.2, -0.15) is 0 Å². The van der Waals surface area contributed by atoms with E-state index in [0.717, 1.165) is 30.0 Å². The first-order valence-corrected chi connectivity index (χ1v) is 12.0. The lowest BCUT2D eigenvalue weighted by atomic mass is 10.1. The lowest BCUT2D eigenvalue weighted by Gasteiger charge is -2.38. The number of rotatable bonds is 6. The van der Waals surface area contributed by atoms with Crippen LogP contribution >= 0.6 is 11.6 Å². The first-order valence-electron chi connectivity index (χ1n) is 10.1.